The van der Waals surface area contributed by atoms with Crippen molar-refractivity contribution in [3.63, 3.8) is 0 Å². The van der Waals surface area contributed by atoms with E-state index >= 15 is 0 Å². The van der Waals surface area contributed by atoms with E-state index in [9.17, 15) is 0 Å². The predicted octanol–water partition coefficient (Wildman–Crippen LogP) is 2.03. The molecule has 0 amide bonds. The third-order valence-electron chi connectivity index (χ3n) is 2.97. The lowest BCUT2D eigenvalue weighted by atomic mass is 10.2. The minimum Gasteiger partial charge on any atom is -0.463 e. The van der Waals surface area contributed by atoms with Gasteiger partial charge in [0.05, 0.1) is 6.61 Å². The van der Waals surface area contributed by atoms with Crippen molar-refractivity contribution in [3.05, 3.63) is 0 Å². The van der Waals surface area contributed by atoms with Crippen molar-refractivity contribution in [2.75, 3.05) is 42.7 Å². The van der Waals surface area contributed by atoms with Crippen molar-refractivity contribution in [1.29, 1.82) is 0 Å². The molecule has 1 saturated heterocycles. The summed E-state index contributed by atoms with van der Waals surface area (Å²) in [4.78, 5) is 15.3. The van der Waals surface area contributed by atoms with Gasteiger partial charge in [-0.2, -0.15) is 26.7 Å². The van der Waals surface area contributed by atoms with Crippen LogP contribution in [-0.4, -0.2) is 52.2 Å². The Morgan fingerprint density at radius 3 is 2.80 bits per heavy atom. The number of rotatable bonds is 5. The minimum atomic E-state index is 0.217. The minimum absolute atomic E-state index is 0.217. The molecule has 2 rings (SSSR count). The number of nitrogens with one attached hydrogen (secondary N) is 1. The van der Waals surface area contributed by atoms with E-state index in [0.29, 0.717) is 24.5 Å². The summed E-state index contributed by atoms with van der Waals surface area (Å²) in [6.07, 6.45) is 0.934. The maximum Gasteiger partial charge on any atom is 0.323 e. The lowest BCUT2D eigenvalue weighted by Gasteiger charge is -2.37. The van der Waals surface area contributed by atoms with Crippen LogP contribution in [0.1, 0.15) is 27.2 Å². The zero-order valence-corrected chi connectivity index (χ0v) is 13.5. The number of nitrogens with zero attached hydrogens (tertiary/aromatic N) is 4. The molecule has 0 aromatic carbocycles. The average molecular weight is 297 g/mol. The molecular formula is C13H23N5OS. The second-order valence-corrected chi connectivity index (χ2v) is 7.17. The van der Waals surface area contributed by atoms with E-state index in [1.807, 2.05) is 11.8 Å². The Hall–Kier alpha value is -1.24. The number of thioether (sulfide) groups is 1. The van der Waals surface area contributed by atoms with Crippen molar-refractivity contribution in [3.8, 4) is 6.01 Å². The molecule has 1 aromatic heterocycles. The van der Waals surface area contributed by atoms with Gasteiger partial charge in [0.1, 0.15) is 0 Å². The highest BCUT2D eigenvalue weighted by Crippen LogP contribution is 2.31. The fourth-order valence-corrected chi connectivity index (χ4v) is 3.16. The molecule has 0 unspecified atom stereocenters. The van der Waals surface area contributed by atoms with Gasteiger partial charge in [-0.15, -0.1) is 0 Å². The van der Waals surface area contributed by atoms with Crippen LogP contribution in [0.2, 0.25) is 0 Å². The molecule has 1 aliphatic rings. The Kier molecular flexibility index (Phi) is 4.91. The van der Waals surface area contributed by atoms with Gasteiger partial charge in [0, 0.05) is 30.6 Å². The van der Waals surface area contributed by atoms with Gasteiger partial charge in [-0.3, -0.25) is 0 Å². The summed E-state index contributed by atoms with van der Waals surface area (Å²) in [6.45, 7) is 9.06. The zero-order chi connectivity index (χ0) is 14.6. The van der Waals surface area contributed by atoms with Gasteiger partial charge < -0.3 is 15.0 Å². The molecule has 1 aromatic rings. The Bertz CT molecular complexity index is 454. The van der Waals surface area contributed by atoms with Crippen molar-refractivity contribution >= 4 is 23.7 Å². The van der Waals surface area contributed by atoms with Crippen LogP contribution in [0, 0.1) is 0 Å². The second kappa shape index (κ2) is 6.47. The summed E-state index contributed by atoms with van der Waals surface area (Å²) in [7, 11) is 1.80. The molecule has 6 nitrogen and oxygen atoms in total. The summed E-state index contributed by atoms with van der Waals surface area (Å²) < 4.78 is 5.76. The maximum atomic E-state index is 5.55. The van der Waals surface area contributed by atoms with E-state index in [1.165, 1.54) is 0 Å². The van der Waals surface area contributed by atoms with Crippen LogP contribution in [0.3, 0.4) is 0 Å². The van der Waals surface area contributed by atoms with Gasteiger partial charge in [0.25, 0.3) is 0 Å². The third kappa shape index (κ3) is 3.88. The van der Waals surface area contributed by atoms with E-state index in [-0.39, 0.29) is 4.75 Å². The molecule has 0 atom stereocenters. The summed E-state index contributed by atoms with van der Waals surface area (Å²) in [5.74, 6) is 2.33. The highest BCUT2D eigenvalue weighted by Gasteiger charge is 2.29. The fourth-order valence-electron chi connectivity index (χ4n) is 2.04. The molecule has 1 fully saturated rings. The van der Waals surface area contributed by atoms with Crippen molar-refractivity contribution in [2.45, 2.75) is 31.9 Å². The Balaban J connectivity index is 2.21. The molecule has 0 aliphatic carbocycles. The number of aromatic nitrogens is 3. The summed E-state index contributed by atoms with van der Waals surface area (Å²) >= 11 is 1.99. The van der Waals surface area contributed by atoms with Crippen LogP contribution < -0.4 is 15.0 Å². The lowest BCUT2D eigenvalue weighted by Crippen LogP contribution is -2.44. The van der Waals surface area contributed by atoms with Crippen LogP contribution in [-0.2, 0) is 0 Å². The Labute approximate surface area is 124 Å². The van der Waals surface area contributed by atoms with E-state index in [4.69, 9.17) is 4.74 Å². The highest BCUT2D eigenvalue weighted by molar-refractivity contribution is 8.00. The zero-order valence-electron chi connectivity index (χ0n) is 12.6. The molecule has 20 heavy (non-hydrogen) atoms. The molecule has 2 heterocycles. The smallest absolute Gasteiger partial charge is 0.323 e. The number of anilines is 2. The van der Waals surface area contributed by atoms with Crippen LogP contribution >= 0.6 is 11.8 Å². The van der Waals surface area contributed by atoms with Crippen LogP contribution in [0.4, 0.5) is 11.9 Å². The normalized spacial score (nSPS) is 17.9. The molecular weight excluding hydrogens is 274 g/mol. The summed E-state index contributed by atoms with van der Waals surface area (Å²) in [5.41, 5.74) is 0. The first kappa shape index (κ1) is 15.2. The van der Waals surface area contributed by atoms with Crippen molar-refractivity contribution in [1.82, 2.24) is 15.0 Å². The van der Waals surface area contributed by atoms with E-state index in [0.717, 1.165) is 25.3 Å². The number of hydrogen-bond donors (Lipinski definition) is 1. The van der Waals surface area contributed by atoms with Gasteiger partial charge in [-0.1, -0.05) is 6.92 Å². The Morgan fingerprint density at radius 1 is 1.35 bits per heavy atom. The monoisotopic (exact) mass is 297 g/mol. The largest absolute Gasteiger partial charge is 0.463 e. The molecule has 112 valence electrons. The summed E-state index contributed by atoms with van der Waals surface area (Å²) in [6, 6.07) is 0.400. The maximum absolute atomic E-state index is 5.55. The van der Waals surface area contributed by atoms with Gasteiger partial charge >= 0.3 is 6.01 Å². The number of hydrogen-bond acceptors (Lipinski definition) is 7. The third-order valence-corrected chi connectivity index (χ3v) is 4.27. The number of ether oxygens (including phenoxy) is 1. The fraction of sp³-hybridized carbons (Fsp3) is 0.769. The molecule has 1 aliphatic heterocycles. The molecule has 0 saturated carbocycles. The highest BCUT2D eigenvalue weighted by atomic mass is 32.2. The second-order valence-electron chi connectivity index (χ2n) is 5.37. The first-order chi connectivity index (χ1) is 9.54. The van der Waals surface area contributed by atoms with Crippen LogP contribution in [0.5, 0.6) is 6.01 Å². The molecule has 0 spiro atoms. The SMILES string of the molecule is CCCOc1nc(NC)nc(N2CCSC(C)(C)C2)n1. The molecule has 0 radical (unpaired) electrons. The van der Waals surface area contributed by atoms with Crippen LogP contribution in [0.25, 0.3) is 0 Å². The Morgan fingerprint density at radius 2 is 2.15 bits per heavy atom. The summed E-state index contributed by atoms with van der Waals surface area (Å²) in [5, 5.41) is 2.97. The molecule has 7 heteroatoms. The average Bonchev–Trinajstić information content (AvgIpc) is 2.43. The van der Waals surface area contributed by atoms with Gasteiger partial charge in [-0.25, -0.2) is 0 Å². The van der Waals surface area contributed by atoms with E-state index in [1.54, 1.807) is 7.05 Å². The van der Waals surface area contributed by atoms with Gasteiger partial charge in [0.2, 0.25) is 11.9 Å². The van der Waals surface area contributed by atoms with Gasteiger partial charge in [-0.05, 0) is 20.3 Å². The van der Waals surface area contributed by atoms with E-state index < -0.39 is 0 Å². The molecule has 0 bridgehead atoms. The van der Waals surface area contributed by atoms with Crippen LogP contribution in [0.15, 0.2) is 0 Å². The lowest BCUT2D eigenvalue weighted by molar-refractivity contribution is 0.291. The van der Waals surface area contributed by atoms with Gasteiger partial charge in [0.15, 0.2) is 0 Å². The van der Waals surface area contributed by atoms with Crippen molar-refractivity contribution in [2.24, 2.45) is 0 Å². The first-order valence-electron chi connectivity index (χ1n) is 6.99. The van der Waals surface area contributed by atoms with Crippen molar-refractivity contribution < 1.29 is 4.74 Å². The standard InChI is InChI=1S/C13H23N5OS/c1-5-7-19-12-16-10(14-4)15-11(17-12)18-6-8-20-13(2,3)9-18/h5-9H2,1-4H3,(H,14,15,16,17). The topological polar surface area (TPSA) is 63.2 Å². The predicted molar refractivity (Wildman–Crippen MR) is 83.9 cm³/mol. The first-order valence-corrected chi connectivity index (χ1v) is 7.98. The van der Waals surface area contributed by atoms with E-state index in [2.05, 4.69) is 45.9 Å². The molecule has 1 N–H and O–H groups in total. The quantitative estimate of drug-likeness (QED) is 0.892.